The summed E-state index contributed by atoms with van der Waals surface area (Å²) in [4.78, 5) is 8.96. The molecule has 0 saturated heterocycles. The van der Waals surface area contributed by atoms with Gasteiger partial charge in [-0.05, 0) is 51.3 Å². The Kier molecular flexibility index (Phi) is 3.11. The minimum absolute atomic E-state index is 0.731. The van der Waals surface area contributed by atoms with Crippen LogP contribution in [-0.4, -0.2) is 20.6 Å². The second kappa shape index (κ2) is 4.78. The molecule has 1 fully saturated rings. The fourth-order valence-electron chi connectivity index (χ4n) is 2.23. The van der Waals surface area contributed by atoms with Gasteiger partial charge in [0.2, 0.25) is 0 Å². The van der Waals surface area contributed by atoms with Crippen molar-refractivity contribution in [2.24, 2.45) is 0 Å². The highest BCUT2D eigenvalue weighted by atomic mass is 15.1. The molecule has 4 nitrogen and oxygen atoms in total. The average molecular weight is 256 g/mol. The molecule has 100 valence electrons. The van der Waals surface area contributed by atoms with Crippen molar-refractivity contribution in [1.82, 2.24) is 19.9 Å². The number of pyridine rings is 1. The van der Waals surface area contributed by atoms with Gasteiger partial charge in [0.15, 0.2) is 0 Å². The van der Waals surface area contributed by atoms with E-state index >= 15 is 0 Å². The molecule has 2 heterocycles. The van der Waals surface area contributed by atoms with Crippen LogP contribution in [0, 0.1) is 20.8 Å². The van der Waals surface area contributed by atoms with Crippen LogP contribution in [0.2, 0.25) is 0 Å². The largest absolute Gasteiger partial charge is 0.310 e. The summed E-state index contributed by atoms with van der Waals surface area (Å²) < 4.78 is 2.06. The molecule has 0 aromatic carbocycles. The molecule has 19 heavy (non-hydrogen) atoms. The van der Waals surface area contributed by atoms with Crippen molar-refractivity contribution >= 4 is 0 Å². The smallest absolute Gasteiger partial charge is 0.138 e. The second-order valence-corrected chi connectivity index (χ2v) is 5.42. The number of rotatable bonds is 4. The molecule has 0 bridgehead atoms. The van der Waals surface area contributed by atoms with Crippen molar-refractivity contribution < 1.29 is 0 Å². The summed E-state index contributed by atoms with van der Waals surface area (Å²) in [6.07, 6.45) is 4.48. The van der Waals surface area contributed by atoms with Crippen LogP contribution in [0.5, 0.6) is 0 Å². The van der Waals surface area contributed by atoms with Crippen molar-refractivity contribution in [2.75, 3.05) is 0 Å². The summed E-state index contributed by atoms with van der Waals surface area (Å²) in [6, 6.07) is 5.03. The van der Waals surface area contributed by atoms with Crippen LogP contribution in [0.1, 0.15) is 35.5 Å². The summed E-state index contributed by atoms with van der Waals surface area (Å²) in [5.74, 6) is 0.964. The van der Waals surface area contributed by atoms with Crippen molar-refractivity contribution in [1.29, 1.82) is 0 Å². The van der Waals surface area contributed by atoms with Crippen LogP contribution in [0.3, 0.4) is 0 Å². The topological polar surface area (TPSA) is 42.7 Å². The molecule has 0 unspecified atom stereocenters. The Morgan fingerprint density at radius 3 is 2.68 bits per heavy atom. The normalized spacial score (nSPS) is 14.9. The van der Waals surface area contributed by atoms with Gasteiger partial charge in [-0.15, -0.1) is 0 Å². The molecule has 2 aromatic heterocycles. The number of hydrogen-bond acceptors (Lipinski definition) is 3. The monoisotopic (exact) mass is 256 g/mol. The van der Waals surface area contributed by atoms with E-state index in [4.69, 9.17) is 0 Å². The third-order valence-corrected chi connectivity index (χ3v) is 3.67. The van der Waals surface area contributed by atoms with E-state index in [0.717, 1.165) is 35.5 Å². The molecule has 0 radical (unpaired) electrons. The minimum atomic E-state index is 0.731. The van der Waals surface area contributed by atoms with E-state index in [2.05, 4.69) is 38.9 Å². The maximum absolute atomic E-state index is 4.62. The lowest BCUT2D eigenvalue weighted by molar-refractivity contribution is 0.685. The van der Waals surface area contributed by atoms with Crippen LogP contribution in [0.15, 0.2) is 18.5 Å². The van der Waals surface area contributed by atoms with Gasteiger partial charge in [0, 0.05) is 24.0 Å². The van der Waals surface area contributed by atoms with E-state index < -0.39 is 0 Å². The molecule has 0 atom stereocenters. The lowest BCUT2D eigenvalue weighted by atomic mass is 10.2. The Morgan fingerprint density at radius 1 is 1.26 bits per heavy atom. The number of nitrogens with one attached hydrogen (secondary N) is 1. The molecule has 2 aromatic rings. The van der Waals surface area contributed by atoms with E-state index in [1.165, 1.54) is 18.4 Å². The second-order valence-electron chi connectivity index (χ2n) is 5.42. The van der Waals surface area contributed by atoms with Crippen LogP contribution in [-0.2, 0) is 6.54 Å². The zero-order chi connectivity index (χ0) is 13.4. The van der Waals surface area contributed by atoms with E-state index in [1.807, 2.05) is 20.2 Å². The zero-order valence-corrected chi connectivity index (χ0v) is 11.8. The highest BCUT2D eigenvalue weighted by molar-refractivity contribution is 5.33. The SMILES string of the molecule is Cc1cc(CNC2CC2)cc(-n2cnc(C)c2C)n1. The Morgan fingerprint density at radius 2 is 2.05 bits per heavy atom. The third kappa shape index (κ3) is 2.68. The highest BCUT2D eigenvalue weighted by Gasteiger charge is 2.20. The standard InChI is InChI=1S/C15H20N4/c1-10-6-13(8-16-14-4-5-14)7-15(18-10)19-9-17-11(2)12(19)3/h6-7,9,14,16H,4-5,8H2,1-3H3. The first-order valence-electron chi connectivity index (χ1n) is 6.85. The fraction of sp³-hybridized carbons (Fsp3) is 0.467. The van der Waals surface area contributed by atoms with Gasteiger partial charge in [-0.1, -0.05) is 0 Å². The van der Waals surface area contributed by atoms with Gasteiger partial charge in [-0.3, -0.25) is 4.57 Å². The first-order chi connectivity index (χ1) is 9.13. The molecule has 0 spiro atoms. The van der Waals surface area contributed by atoms with Crippen molar-refractivity contribution in [3.05, 3.63) is 41.1 Å². The van der Waals surface area contributed by atoms with E-state index in [-0.39, 0.29) is 0 Å². The van der Waals surface area contributed by atoms with Gasteiger partial charge in [-0.2, -0.15) is 0 Å². The molecule has 1 aliphatic carbocycles. The maximum atomic E-state index is 4.62. The summed E-state index contributed by atoms with van der Waals surface area (Å²) in [7, 11) is 0. The quantitative estimate of drug-likeness (QED) is 0.913. The molecule has 1 aliphatic rings. The van der Waals surface area contributed by atoms with Crippen LogP contribution in [0.25, 0.3) is 5.82 Å². The van der Waals surface area contributed by atoms with Gasteiger partial charge < -0.3 is 5.32 Å². The number of aryl methyl sites for hydroxylation is 2. The number of hydrogen-bond donors (Lipinski definition) is 1. The summed E-state index contributed by atoms with van der Waals surface area (Å²) in [6.45, 7) is 7.07. The molecule has 0 amide bonds. The van der Waals surface area contributed by atoms with Crippen molar-refractivity contribution in [3.63, 3.8) is 0 Å². The fourth-order valence-corrected chi connectivity index (χ4v) is 2.23. The van der Waals surface area contributed by atoms with E-state index in [1.54, 1.807) is 0 Å². The number of imidazole rings is 1. The van der Waals surface area contributed by atoms with Gasteiger partial charge in [0.05, 0.1) is 5.69 Å². The lowest BCUT2D eigenvalue weighted by Gasteiger charge is -2.09. The highest BCUT2D eigenvalue weighted by Crippen LogP contribution is 2.20. The molecular weight excluding hydrogens is 236 g/mol. The van der Waals surface area contributed by atoms with Crippen molar-refractivity contribution in [2.45, 2.75) is 46.2 Å². The van der Waals surface area contributed by atoms with Crippen LogP contribution >= 0.6 is 0 Å². The molecule has 1 N–H and O–H groups in total. The van der Waals surface area contributed by atoms with Crippen LogP contribution < -0.4 is 5.32 Å². The molecular formula is C15H20N4. The van der Waals surface area contributed by atoms with Crippen LogP contribution in [0.4, 0.5) is 0 Å². The van der Waals surface area contributed by atoms with Gasteiger partial charge in [-0.25, -0.2) is 9.97 Å². The predicted molar refractivity (Wildman–Crippen MR) is 75.4 cm³/mol. The Hall–Kier alpha value is -1.68. The minimum Gasteiger partial charge on any atom is -0.310 e. The third-order valence-electron chi connectivity index (χ3n) is 3.67. The molecule has 4 heteroatoms. The molecule has 1 saturated carbocycles. The van der Waals surface area contributed by atoms with Crippen molar-refractivity contribution in [3.8, 4) is 5.82 Å². The average Bonchev–Trinajstić information content (AvgIpc) is 3.14. The summed E-state index contributed by atoms with van der Waals surface area (Å²) in [5, 5.41) is 3.55. The van der Waals surface area contributed by atoms with Gasteiger partial charge in [0.1, 0.15) is 12.1 Å². The first kappa shape index (κ1) is 12.4. The summed E-state index contributed by atoms with van der Waals surface area (Å²) in [5.41, 5.74) is 4.55. The Labute approximate surface area is 113 Å². The Balaban J connectivity index is 1.89. The number of aromatic nitrogens is 3. The molecule has 3 rings (SSSR count). The maximum Gasteiger partial charge on any atom is 0.138 e. The van der Waals surface area contributed by atoms with E-state index in [0.29, 0.717) is 0 Å². The van der Waals surface area contributed by atoms with Gasteiger partial charge in [0.25, 0.3) is 0 Å². The van der Waals surface area contributed by atoms with Gasteiger partial charge >= 0.3 is 0 Å². The lowest BCUT2D eigenvalue weighted by Crippen LogP contribution is -2.16. The summed E-state index contributed by atoms with van der Waals surface area (Å²) >= 11 is 0. The zero-order valence-electron chi connectivity index (χ0n) is 11.8. The van der Waals surface area contributed by atoms with E-state index in [9.17, 15) is 0 Å². The Bertz CT molecular complexity index is 596. The predicted octanol–water partition coefficient (Wildman–Crippen LogP) is 2.44. The number of nitrogens with zero attached hydrogens (tertiary/aromatic N) is 3. The molecule has 0 aliphatic heterocycles. The first-order valence-corrected chi connectivity index (χ1v) is 6.85.